The van der Waals surface area contributed by atoms with Crippen molar-refractivity contribution in [2.45, 2.75) is 40.2 Å². The Kier molecular flexibility index (Phi) is 6.21. The van der Waals surface area contributed by atoms with Crippen molar-refractivity contribution in [2.75, 3.05) is 6.61 Å². The third kappa shape index (κ3) is 3.70. The first kappa shape index (κ1) is 20.2. The number of ether oxygens (including phenoxy) is 1. The zero-order valence-electron chi connectivity index (χ0n) is 17.4. The van der Waals surface area contributed by atoms with Crippen molar-refractivity contribution in [3.05, 3.63) is 95.2 Å². The Morgan fingerprint density at radius 1 is 0.964 bits per heavy atom. The van der Waals surface area contributed by atoms with Crippen LogP contribution in [0.3, 0.4) is 0 Å². The number of hydrogen-bond acceptors (Lipinski definition) is 2. The van der Waals surface area contributed by atoms with Crippen molar-refractivity contribution in [1.82, 2.24) is 0 Å². The number of rotatable bonds is 6. The van der Waals surface area contributed by atoms with Gasteiger partial charge in [0, 0.05) is 17.7 Å². The molecule has 0 aliphatic heterocycles. The molecule has 0 bridgehead atoms. The fraction of sp³-hybridized carbons (Fsp3) is 0.308. The van der Waals surface area contributed by atoms with E-state index < -0.39 is 0 Å². The fourth-order valence-corrected chi connectivity index (χ4v) is 4.24. The third-order valence-electron chi connectivity index (χ3n) is 5.67. The van der Waals surface area contributed by atoms with Crippen LogP contribution >= 0.6 is 0 Å². The van der Waals surface area contributed by atoms with E-state index in [1.807, 2.05) is 6.92 Å². The first-order chi connectivity index (χ1) is 13.5. The van der Waals surface area contributed by atoms with E-state index in [0.717, 1.165) is 17.7 Å². The quantitative estimate of drug-likeness (QED) is 0.610. The van der Waals surface area contributed by atoms with Crippen LogP contribution in [0.4, 0.5) is 0 Å². The molecule has 0 saturated heterocycles. The van der Waals surface area contributed by atoms with Crippen molar-refractivity contribution >= 4 is 11.1 Å². The van der Waals surface area contributed by atoms with E-state index in [1.54, 1.807) is 0 Å². The van der Waals surface area contributed by atoms with E-state index in [0.29, 0.717) is 6.61 Å². The van der Waals surface area contributed by atoms with Gasteiger partial charge in [-0.3, -0.25) is 0 Å². The lowest BCUT2D eigenvalue weighted by molar-refractivity contribution is 0.0394. The molecule has 2 N–H and O–H groups in total. The Hall–Kier alpha value is -2.58. The molecule has 146 valence electrons. The maximum atomic E-state index is 6.56. The standard InChI is InChI=1S/C26H31NO/c1-5-22(20-13-9-7-10-14-20)23(21-15-11-8-12-16-21)26(4)18-17-19(3)24(27)25(26)28-6-2/h7-18,25H,5-6,27H2,1-4H3/b23-22-. The molecule has 2 heteroatoms. The molecule has 28 heavy (non-hydrogen) atoms. The molecule has 2 nitrogen and oxygen atoms in total. The van der Waals surface area contributed by atoms with Gasteiger partial charge in [-0.05, 0) is 55.0 Å². The number of allylic oxidation sites excluding steroid dienone is 3. The van der Waals surface area contributed by atoms with Gasteiger partial charge in [-0.15, -0.1) is 0 Å². The van der Waals surface area contributed by atoms with Crippen LogP contribution < -0.4 is 5.73 Å². The predicted molar refractivity (Wildman–Crippen MR) is 120 cm³/mol. The average molecular weight is 374 g/mol. The van der Waals surface area contributed by atoms with E-state index >= 15 is 0 Å². The molecule has 0 aromatic heterocycles. The molecule has 0 fully saturated rings. The Balaban J connectivity index is 2.31. The van der Waals surface area contributed by atoms with E-state index in [1.165, 1.54) is 22.3 Å². The summed E-state index contributed by atoms with van der Waals surface area (Å²) >= 11 is 0. The molecule has 1 aliphatic carbocycles. The molecule has 2 aromatic carbocycles. The molecule has 0 amide bonds. The van der Waals surface area contributed by atoms with Gasteiger partial charge in [0.05, 0.1) is 0 Å². The molecule has 1 aliphatic rings. The summed E-state index contributed by atoms with van der Waals surface area (Å²) in [6.07, 6.45) is 5.16. The van der Waals surface area contributed by atoms with E-state index in [9.17, 15) is 0 Å². The SMILES string of the molecule is CCOC1C(N)=C(C)C=CC1(C)/C(=C(/CC)c1ccccc1)c1ccccc1. The molecule has 0 spiro atoms. The van der Waals surface area contributed by atoms with Gasteiger partial charge in [0.1, 0.15) is 6.10 Å². The minimum atomic E-state index is -0.359. The van der Waals surface area contributed by atoms with Crippen molar-refractivity contribution < 1.29 is 4.74 Å². The van der Waals surface area contributed by atoms with Gasteiger partial charge in [0.15, 0.2) is 0 Å². The first-order valence-corrected chi connectivity index (χ1v) is 10.1. The maximum absolute atomic E-state index is 6.56. The molecule has 0 saturated carbocycles. The van der Waals surface area contributed by atoms with Crippen LogP contribution in [0.15, 0.2) is 84.1 Å². The molecular formula is C26H31NO. The summed E-state index contributed by atoms with van der Waals surface area (Å²) in [5, 5.41) is 0. The zero-order chi connectivity index (χ0) is 20.1. The highest BCUT2D eigenvalue weighted by molar-refractivity contribution is 5.94. The Bertz CT molecular complexity index is 893. The fourth-order valence-electron chi connectivity index (χ4n) is 4.24. The third-order valence-corrected chi connectivity index (χ3v) is 5.67. The van der Waals surface area contributed by atoms with Crippen LogP contribution in [0.5, 0.6) is 0 Å². The summed E-state index contributed by atoms with van der Waals surface area (Å²) in [5.74, 6) is 0. The van der Waals surface area contributed by atoms with Crippen LogP contribution in [0.2, 0.25) is 0 Å². The van der Waals surface area contributed by atoms with Gasteiger partial charge < -0.3 is 10.5 Å². The lowest BCUT2D eigenvalue weighted by Gasteiger charge is -2.42. The normalized spacial score (nSPS) is 22.9. The second kappa shape index (κ2) is 8.62. The smallest absolute Gasteiger partial charge is 0.110 e. The highest BCUT2D eigenvalue weighted by Crippen LogP contribution is 2.49. The van der Waals surface area contributed by atoms with Gasteiger partial charge in [-0.2, -0.15) is 0 Å². The van der Waals surface area contributed by atoms with E-state index in [-0.39, 0.29) is 11.5 Å². The lowest BCUT2D eigenvalue weighted by atomic mass is 9.67. The van der Waals surface area contributed by atoms with Gasteiger partial charge in [-0.25, -0.2) is 0 Å². The topological polar surface area (TPSA) is 35.2 Å². The second-order valence-corrected chi connectivity index (χ2v) is 7.53. The van der Waals surface area contributed by atoms with Gasteiger partial charge in [0.25, 0.3) is 0 Å². The van der Waals surface area contributed by atoms with Crippen LogP contribution in [-0.4, -0.2) is 12.7 Å². The number of benzene rings is 2. The van der Waals surface area contributed by atoms with Crippen LogP contribution in [-0.2, 0) is 4.74 Å². The minimum absolute atomic E-state index is 0.192. The predicted octanol–water partition coefficient (Wildman–Crippen LogP) is 6.22. The highest BCUT2D eigenvalue weighted by Gasteiger charge is 2.42. The van der Waals surface area contributed by atoms with Crippen LogP contribution in [0, 0.1) is 5.41 Å². The summed E-state index contributed by atoms with van der Waals surface area (Å²) in [4.78, 5) is 0. The summed E-state index contributed by atoms with van der Waals surface area (Å²) < 4.78 is 6.25. The summed E-state index contributed by atoms with van der Waals surface area (Å²) in [6.45, 7) is 9.19. The van der Waals surface area contributed by atoms with Crippen molar-refractivity contribution in [1.29, 1.82) is 0 Å². The monoisotopic (exact) mass is 373 g/mol. The van der Waals surface area contributed by atoms with Crippen molar-refractivity contribution in [3.63, 3.8) is 0 Å². The average Bonchev–Trinajstić information content (AvgIpc) is 2.73. The molecule has 2 atom stereocenters. The highest BCUT2D eigenvalue weighted by atomic mass is 16.5. The first-order valence-electron chi connectivity index (χ1n) is 10.1. The van der Waals surface area contributed by atoms with Gasteiger partial charge in [0.2, 0.25) is 0 Å². The molecule has 2 aromatic rings. The molecule has 3 rings (SSSR count). The second-order valence-electron chi connectivity index (χ2n) is 7.53. The van der Waals surface area contributed by atoms with Crippen LogP contribution in [0.1, 0.15) is 45.2 Å². The van der Waals surface area contributed by atoms with Crippen molar-refractivity contribution in [3.8, 4) is 0 Å². The summed E-state index contributed by atoms with van der Waals surface area (Å²) in [6, 6.07) is 21.3. The number of nitrogens with two attached hydrogens (primary N) is 1. The largest absolute Gasteiger partial charge is 0.400 e. The molecule has 2 unspecified atom stereocenters. The van der Waals surface area contributed by atoms with Gasteiger partial charge in [-0.1, -0.05) is 79.7 Å². The van der Waals surface area contributed by atoms with Crippen LogP contribution in [0.25, 0.3) is 11.1 Å². The molecule has 0 radical (unpaired) electrons. The lowest BCUT2D eigenvalue weighted by Crippen LogP contribution is -2.41. The van der Waals surface area contributed by atoms with Gasteiger partial charge >= 0.3 is 0 Å². The van der Waals surface area contributed by atoms with Crippen molar-refractivity contribution in [2.24, 2.45) is 11.1 Å². The summed E-state index contributed by atoms with van der Waals surface area (Å²) in [7, 11) is 0. The minimum Gasteiger partial charge on any atom is -0.400 e. The Morgan fingerprint density at radius 2 is 1.54 bits per heavy atom. The number of hydrogen-bond donors (Lipinski definition) is 1. The maximum Gasteiger partial charge on any atom is 0.110 e. The van der Waals surface area contributed by atoms with E-state index in [2.05, 4.69) is 93.6 Å². The summed E-state index contributed by atoms with van der Waals surface area (Å²) in [5.41, 5.74) is 13.2. The Morgan fingerprint density at radius 3 is 2.07 bits per heavy atom. The Labute approximate surface area is 169 Å². The zero-order valence-corrected chi connectivity index (χ0v) is 17.4. The molecule has 0 heterocycles. The molecular weight excluding hydrogens is 342 g/mol. The van der Waals surface area contributed by atoms with E-state index in [4.69, 9.17) is 10.5 Å².